The number of urea groups is 1. The Morgan fingerprint density at radius 1 is 1.32 bits per heavy atom. The second-order valence-corrected chi connectivity index (χ2v) is 7.88. The van der Waals surface area contributed by atoms with Crippen molar-refractivity contribution >= 4 is 46.4 Å². The number of nitrogens with zero attached hydrogens (tertiary/aromatic N) is 1. The highest BCUT2D eigenvalue weighted by Gasteiger charge is 2.22. The molecule has 0 aliphatic heterocycles. The maximum Gasteiger partial charge on any atom is 0.321 e. The molecule has 6 nitrogen and oxygen atoms in total. The smallest absolute Gasteiger partial charge is 0.321 e. The fraction of sp³-hybridized carbons (Fsp3) is 0.471. The molecule has 1 aliphatic rings. The highest BCUT2D eigenvalue weighted by molar-refractivity contribution is 8.00. The van der Waals surface area contributed by atoms with Crippen molar-refractivity contribution in [2.24, 2.45) is 0 Å². The predicted octanol–water partition coefficient (Wildman–Crippen LogP) is 4.12. The molecule has 0 bridgehead atoms. The van der Waals surface area contributed by atoms with Gasteiger partial charge in [0, 0.05) is 17.1 Å². The monoisotopic (exact) mass is 381 g/mol. The minimum absolute atomic E-state index is 0.159. The van der Waals surface area contributed by atoms with Crippen molar-refractivity contribution in [3.8, 4) is 0 Å². The van der Waals surface area contributed by atoms with Gasteiger partial charge in [-0.3, -0.25) is 10.1 Å². The van der Waals surface area contributed by atoms with Gasteiger partial charge < -0.3 is 9.73 Å². The van der Waals surface area contributed by atoms with Crippen molar-refractivity contribution in [1.82, 2.24) is 15.6 Å². The lowest BCUT2D eigenvalue weighted by molar-refractivity contribution is -0.119. The SMILES string of the molecule is C[C@@H](Sc1nc2ccc(Cl)cc2o1)C(=O)NC(=O)NC1CCCCC1. The number of nitrogens with one attached hydrogen (secondary N) is 2. The van der Waals surface area contributed by atoms with E-state index < -0.39 is 11.3 Å². The van der Waals surface area contributed by atoms with Crippen LogP contribution in [0.4, 0.5) is 4.79 Å². The summed E-state index contributed by atoms with van der Waals surface area (Å²) >= 11 is 7.08. The topological polar surface area (TPSA) is 84.2 Å². The number of amides is 3. The van der Waals surface area contributed by atoms with Gasteiger partial charge in [0.15, 0.2) is 5.58 Å². The first kappa shape index (κ1) is 18.1. The predicted molar refractivity (Wildman–Crippen MR) is 97.9 cm³/mol. The zero-order chi connectivity index (χ0) is 17.8. The number of benzene rings is 1. The molecule has 1 aliphatic carbocycles. The van der Waals surface area contributed by atoms with E-state index in [0.29, 0.717) is 21.3 Å². The van der Waals surface area contributed by atoms with Crippen LogP contribution in [0, 0.1) is 0 Å². The molecule has 1 heterocycles. The number of rotatable bonds is 4. The Hall–Kier alpha value is -1.73. The Morgan fingerprint density at radius 2 is 2.08 bits per heavy atom. The Morgan fingerprint density at radius 3 is 2.84 bits per heavy atom. The van der Waals surface area contributed by atoms with Gasteiger partial charge in [-0.15, -0.1) is 0 Å². The van der Waals surface area contributed by atoms with Crippen molar-refractivity contribution in [3.63, 3.8) is 0 Å². The fourth-order valence-corrected chi connectivity index (χ4v) is 3.73. The third-order valence-corrected chi connectivity index (χ3v) is 5.33. The van der Waals surface area contributed by atoms with Gasteiger partial charge in [0.05, 0.1) is 5.25 Å². The number of hydrogen-bond donors (Lipinski definition) is 2. The molecule has 1 aromatic carbocycles. The van der Waals surface area contributed by atoms with Gasteiger partial charge in [-0.25, -0.2) is 9.78 Å². The Labute approximate surface area is 155 Å². The molecule has 1 saturated carbocycles. The van der Waals surface area contributed by atoms with Gasteiger partial charge in [-0.05, 0) is 31.9 Å². The Balaban J connectivity index is 1.53. The molecule has 0 unspecified atom stereocenters. The van der Waals surface area contributed by atoms with Crippen molar-refractivity contribution in [2.45, 2.75) is 55.5 Å². The largest absolute Gasteiger partial charge is 0.431 e. The van der Waals surface area contributed by atoms with Crippen LogP contribution in [0.25, 0.3) is 11.1 Å². The molecule has 1 fully saturated rings. The first-order chi connectivity index (χ1) is 12.0. The normalized spacial score (nSPS) is 16.6. The van der Waals surface area contributed by atoms with Crippen LogP contribution in [0.2, 0.25) is 5.02 Å². The third kappa shape index (κ3) is 4.89. The number of halogens is 1. The minimum atomic E-state index is -0.513. The van der Waals surface area contributed by atoms with Crippen molar-refractivity contribution in [2.75, 3.05) is 0 Å². The van der Waals surface area contributed by atoms with E-state index in [0.717, 1.165) is 37.4 Å². The lowest BCUT2D eigenvalue weighted by Gasteiger charge is -2.22. The van der Waals surface area contributed by atoms with Crippen LogP contribution in [0.1, 0.15) is 39.0 Å². The van der Waals surface area contributed by atoms with E-state index in [1.54, 1.807) is 25.1 Å². The number of hydrogen-bond acceptors (Lipinski definition) is 5. The van der Waals surface area contributed by atoms with Crippen LogP contribution in [-0.4, -0.2) is 28.2 Å². The quantitative estimate of drug-likeness (QED) is 0.778. The molecule has 3 rings (SSSR count). The first-order valence-corrected chi connectivity index (χ1v) is 9.61. The van der Waals surface area contributed by atoms with E-state index in [1.165, 1.54) is 6.42 Å². The molecule has 0 radical (unpaired) electrons. The summed E-state index contributed by atoms with van der Waals surface area (Å²) in [6, 6.07) is 4.89. The number of carbonyl (C=O) groups is 2. The molecule has 1 aromatic heterocycles. The Kier molecular flexibility index (Phi) is 5.86. The minimum Gasteiger partial charge on any atom is -0.431 e. The average molecular weight is 382 g/mol. The van der Waals surface area contributed by atoms with E-state index in [9.17, 15) is 9.59 Å². The number of carbonyl (C=O) groups excluding carboxylic acids is 2. The summed E-state index contributed by atoms with van der Waals surface area (Å²) < 4.78 is 5.58. The summed E-state index contributed by atoms with van der Waals surface area (Å²) in [5, 5.41) is 5.67. The van der Waals surface area contributed by atoms with Gasteiger partial charge in [0.25, 0.3) is 5.22 Å². The van der Waals surface area contributed by atoms with E-state index in [4.69, 9.17) is 16.0 Å². The molecule has 3 amide bonds. The molecule has 2 N–H and O–H groups in total. The second-order valence-electron chi connectivity index (χ2n) is 6.15. The van der Waals surface area contributed by atoms with Gasteiger partial charge in [-0.2, -0.15) is 0 Å². The maximum absolute atomic E-state index is 12.2. The molecule has 2 aromatic rings. The number of imide groups is 1. The summed E-state index contributed by atoms with van der Waals surface area (Å²) in [5.41, 5.74) is 1.24. The molecule has 0 saturated heterocycles. The molecule has 25 heavy (non-hydrogen) atoms. The van der Waals surface area contributed by atoms with E-state index in [1.807, 2.05) is 0 Å². The summed E-state index contributed by atoms with van der Waals surface area (Å²) in [6.07, 6.45) is 5.39. The highest BCUT2D eigenvalue weighted by Crippen LogP contribution is 2.28. The van der Waals surface area contributed by atoms with Crippen molar-refractivity contribution < 1.29 is 14.0 Å². The zero-order valence-electron chi connectivity index (χ0n) is 13.9. The van der Waals surface area contributed by atoms with Gasteiger partial charge in [-0.1, -0.05) is 42.6 Å². The number of aromatic nitrogens is 1. The molecule has 8 heteroatoms. The van der Waals surface area contributed by atoms with Gasteiger partial charge >= 0.3 is 6.03 Å². The van der Waals surface area contributed by atoms with Crippen molar-refractivity contribution in [3.05, 3.63) is 23.2 Å². The lowest BCUT2D eigenvalue weighted by atomic mass is 9.96. The highest BCUT2D eigenvalue weighted by atomic mass is 35.5. The first-order valence-electron chi connectivity index (χ1n) is 8.35. The summed E-state index contributed by atoms with van der Waals surface area (Å²) in [7, 11) is 0. The fourth-order valence-electron chi connectivity index (χ4n) is 2.81. The van der Waals surface area contributed by atoms with Crippen LogP contribution in [0.5, 0.6) is 0 Å². The van der Waals surface area contributed by atoms with Crippen LogP contribution < -0.4 is 10.6 Å². The van der Waals surface area contributed by atoms with Crippen molar-refractivity contribution in [1.29, 1.82) is 0 Å². The van der Waals surface area contributed by atoms with E-state index in [2.05, 4.69) is 15.6 Å². The summed E-state index contributed by atoms with van der Waals surface area (Å²) in [6.45, 7) is 1.70. The van der Waals surface area contributed by atoms with Crippen LogP contribution in [-0.2, 0) is 4.79 Å². The maximum atomic E-state index is 12.2. The zero-order valence-corrected chi connectivity index (χ0v) is 15.5. The second kappa shape index (κ2) is 8.10. The van der Waals surface area contributed by atoms with Gasteiger partial charge in [0.2, 0.25) is 5.91 Å². The van der Waals surface area contributed by atoms with Crippen LogP contribution in [0.15, 0.2) is 27.8 Å². The summed E-state index contributed by atoms with van der Waals surface area (Å²) in [5.74, 6) is -0.376. The van der Waals surface area contributed by atoms with E-state index in [-0.39, 0.29) is 11.9 Å². The molecule has 1 atom stereocenters. The third-order valence-electron chi connectivity index (χ3n) is 4.15. The Bertz CT molecular complexity index is 774. The van der Waals surface area contributed by atoms with E-state index >= 15 is 0 Å². The molecule has 0 spiro atoms. The number of thioether (sulfide) groups is 1. The summed E-state index contributed by atoms with van der Waals surface area (Å²) in [4.78, 5) is 28.4. The number of fused-ring (bicyclic) bond motifs is 1. The molecular formula is C17H20ClN3O3S. The number of oxazole rings is 1. The average Bonchev–Trinajstić information content (AvgIpc) is 2.96. The lowest BCUT2D eigenvalue weighted by Crippen LogP contribution is -2.47. The molecule has 134 valence electrons. The standard InChI is InChI=1S/C17H20ClN3O3S/c1-10(15(22)21-16(23)19-12-5-3-2-4-6-12)25-17-20-13-8-7-11(18)9-14(13)24-17/h7-10,12H,2-6H2,1H3,(H2,19,21,22,23)/t10-/m1/s1. The van der Waals surface area contributed by atoms with Crippen LogP contribution in [0.3, 0.4) is 0 Å². The van der Waals surface area contributed by atoms with Crippen LogP contribution >= 0.6 is 23.4 Å². The van der Waals surface area contributed by atoms with Gasteiger partial charge in [0.1, 0.15) is 5.52 Å². The molecular weight excluding hydrogens is 362 g/mol.